The van der Waals surface area contributed by atoms with Crippen molar-refractivity contribution in [2.24, 2.45) is 0 Å². The fourth-order valence-electron chi connectivity index (χ4n) is 3.05. The molecule has 1 N–H and O–H groups in total. The molecule has 1 aliphatic heterocycles. The zero-order chi connectivity index (χ0) is 18.7. The van der Waals surface area contributed by atoms with Crippen LogP contribution in [0.2, 0.25) is 0 Å². The topological polar surface area (TPSA) is 65.0 Å². The van der Waals surface area contributed by atoms with Crippen molar-refractivity contribution in [3.8, 4) is 17.2 Å². The molecule has 0 unspecified atom stereocenters. The number of ketones is 1. The molecule has 1 heterocycles. The number of Topliss-reactive ketones (excluding diaryl/α,β-unsaturated/α-hetero) is 1. The summed E-state index contributed by atoms with van der Waals surface area (Å²) in [7, 11) is 3.05. The zero-order valence-corrected chi connectivity index (χ0v) is 15.1. The van der Waals surface area contributed by atoms with Gasteiger partial charge in [0.15, 0.2) is 5.78 Å². The third-order valence-corrected chi connectivity index (χ3v) is 4.31. The van der Waals surface area contributed by atoms with E-state index in [1.807, 2.05) is 30.3 Å². The highest BCUT2D eigenvalue weighted by Gasteiger charge is 2.33. The molecule has 0 spiro atoms. The van der Waals surface area contributed by atoms with Gasteiger partial charge < -0.3 is 19.3 Å². The highest BCUT2D eigenvalue weighted by molar-refractivity contribution is 6.04. The monoisotopic (exact) mass is 354 g/mol. The smallest absolute Gasteiger partial charge is 0.174 e. The SMILES string of the molecule is COc1cc(OC)c2c(c1/C=C\[C@@H](C)O)O[C@H](c1ccccc1)CC2=O. The maximum Gasteiger partial charge on any atom is 0.174 e. The lowest BCUT2D eigenvalue weighted by atomic mass is 9.93. The number of aliphatic hydroxyl groups excluding tert-OH is 1. The van der Waals surface area contributed by atoms with Crippen molar-refractivity contribution in [1.29, 1.82) is 0 Å². The average molecular weight is 354 g/mol. The molecular weight excluding hydrogens is 332 g/mol. The minimum atomic E-state index is -0.637. The van der Waals surface area contributed by atoms with Gasteiger partial charge in [-0.15, -0.1) is 0 Å². The number of fused-ring (bicyclic) bond motifs is 1. The molecule has 26 heavy (non-hydrogen) atoms. The number of ether oxygens (including phenoxy) is 3. The van der Waals surface area contributed by atoms with E-state index in [2.05, 4.69) is 0 Å². The summed E-state index contributed by atoms with van der Waals surface area (Å²) in [6.07, 6.45) is 2.54. The summed E-state index contributed by atoms with van der Waals surface area (Å²) in [6, 6.07) is 11.3. The molecule has 0 aliphatic carbocycles. The molecular formula is C21H22O5. The van der Waals surface area contributed by atoms with Gasteiger partial charge in [-0.05, 0) is 18.6 Å². The first-order valence-electron chi connectivity index (χ1n) is 8.45. The van der Waals surface area contributed by atoms with E-state index in [4.69, 9.17) is 14.2 Å². The Balaban J connectivity index is 2.16. The minimum Gasteiger partial charge on any atom is -0.496 e. The molecule has 0 aromatic heterocycles. The second-order valence-electron chi connectivity index (χ2n) is 6.14. The number of methoxy groups -OCH3 is 2. The Kier molecular flexibility index (Phi) is 5.28. The van der Waals surface area contributed by atoms with Crippen LogP contribution in [-0.2, 0) is 0 Å². The first kappa shape index (κ1) is 18.0. The van der Waals surface area contributed by atoms with Crippen molar-refractivity contribution >= 4 is 11.9 Å². The molecule has 0 saturated heterocycles. The Hall–Kier alpha value is -2.79. The summed E-state index contributed by atoms with van der Waals surface area (Å²) in [6.45, 7) is 1.65. The molecule has 0 saturated carbocycles. The van der Waals surface area contributed by atoms with Crippen molar-refractivity contribution in [1.82, 2.24) is 0 Å². The van der Waals surface area contributed by atoms with Gasteiger partial charge in [0.25, 0.3) is 0 Å². The summed E-state index contributed by atoms with van der Waals surface area (Å²) in [5, 5.41) is 9.60. The Morgan fingerprint density at radius 1 is 1.19 bits per heavy atom. The van der Waals surface area contributed by atoms with Crippen LogP contribution in [0.5, 0.6) is 17.2 Å². The summed E-state index contributed by atoms with van der Waals surface area (Å²) in [4.78, 5) is 12.9. The van der Waals surface area contributed by atoms with Gasteiger partial charge >= 0.3 is 0 Å². The molecule has 0 fully saturated rings. The fraction of sp³-hybridized carbons (Fsp3) is 0.286. The van der Waals surface area contributed by atoms with Gasteiger partial charge in [0, 0.05) is 6.07 Å². The van der Waals surface area contributed by atoms with Crippen LogP contribution in [0.3, 0.4) is 0 Å². The van der Waals surface area contributed by atoms with E-state index in [0.717, 1.165) is 5.56 Å². The Morgan fingerprint density at radius 2 is 1.88 bits per heavy atom. The predicted molar refractivity (Wildman–Crippen MR) is 99.0 cm³/mol. The number of aliphatic hydroxyl groups is 1. The lowest BCUT2D eigenvalue weighted by molar-refractivity contribution is 0.0843. The van der Waals surface area contributed by atoms with Crippen LogP contribution in [0.1, 0.15) is 40.9 Å². The molecule has 3 rings (SSSR count). The Labute approximate surface area is 152 Å². The van der Waals surface area contributed by atoms with Crippen LogP contribution >= 0.6 is 0 Å². The number of hydrogen-bond acceptors (Lipinski definition) is 5. The van der Waals surface area contributed by atoms with Crippen LogP contribution < -0.4 is 14.2 Å². The third-order valence-electron chi connectivity index (χ3n) is 4.31. The first-order valence-corrected chi connectivity index (χ1v) is 8.45. The number of rotatable bonds is 5. The highest BCUT2D eigenvalue weighted by atomic mass is 16.5. The standard InChI is InChI=1S/C21H22O5/c1-13(22)9-10-15-18(24-2)12-19(25-3)20-16(23)11-17(26-21(15)20)14-7-5-4-6-8-14/h4-10,12-13,17,22H,11H2,1-3H3/b10-9-/t13-,17+/m1/s1. The molecule has 0 radical (unpaired) electrons. The molecule has 136 valence electrons. The molecule has 2 atom stereocenters. The Bertz CT molecular complexity index is 824. The quantitative estimate of drug-likeness (QED) is 0.885. The molecule has 0 amide bonds. The lowest BCUT2D eigenvalue weighted by Crippen LogP contribution is -2.22. The molecule has 2 aromatic rings. The second-order valence-corrected chi connectivity index (χ2v) is 6.14. The van der Waals surface area contributed by atoms with E-state index in [-0.39, 0.29) is 18.3 Å². The average Bonchev–Trinajstić information content (AvgIpc) is 2.65. The van der Waals surface area contributed by atoms with E-state index < -0.39 is 6.10 Å². The molecule has 5 heteroatoms. The molecule has 1 aliphatic rings. The van der Waals surface area contributed by atoms with Gasteiger partial charge in [0.1, 0.15) is 28.9 Å². The van der Waals surface area contributed by atoms with Gasteiger partial charge in [0.05, 0.1) is 32.3 Å². The summed E-state index contributed by atoms with van der Waals surface area (Å²) >= 11 is 0. The van der Waals surface area contributed by atoms with Gasteiger partial charge in [-0.3, -0.25) is 4.79 Å². The number of carbonyl (C=O) groups is 1. The van der Waals surface area contributed by atoms with E-state index in [1.54, 1.807) is 32.3 Å². The van der Waals surface area contributed by atoms with Gasteiger partial charge in [-0.25, -0.2) is 0 Å². The fourth-order valence-corrected chi connectivity index (χ4v) is 3.05. The van der Waals surface area contributed by atoms with E-state index in [9.17, 15) is 9.90 Å². The first-order chi connectivity index (χ1) is 12.5. The van der Waals surface area contributed by atoms with E-state index in [1.165, 1.54) is 7.11 Å². The van der Waals surface area contributed by atoms with Crippen LogP contribution in [0.25, 0.3) is 6.08 Å². The van der Waals surface area contributed by atoms with Gasteiger partial charge in [-0.2, -0.15) is 0 Å². The molecule has 0 bridgehead atoms. The van der Waals surface area contributed by atoms with Gasteiger partial charge in [-0.1, -0.05) is 36.4 Å². The Morgan fingerprint density at radius 3 is 2.50 bits per heavy atom. The number of carbonyl (C=O) groups excluding carboxylic acids is 1. The normalized spacial score (nSPS) is 17.5. The maximum absolute atomic E-state index is 12.9. The third kappa shape index (κ3) is 3.44. The van der Waals surface area contributed by atoms with Crippen LogP contribution in [-0.4, -0.2) is 31.2 Å². The largest absolute Gasteiger partial charge is 0.496 e. The summed E-state index contributed by atoms with van der Waals surface area (Å²) < 4.78 is 17.1. The predicted octanol–water partition coefficient (Wildman–Crippen LogP) is 3.80. The number of hydrogen-bond donors (Lipinski definition) is 1. The van der Waals surface area contributed by atoms with Crippen LogP contribution in [0.4, 0.5) is 0 Å². The van der Waals surface area contributed by atoms with Crippen molar-refractivity contribution in [2.45, 2.75) is 25.6 Å². The second kappa shape index (κ2) is 7.62. The highest BCUT2D eigenvalue weighted by Crippen LogP contribution is 2.46. The zero-order valence-electron chi connectivity index (χ0n) is 15.1. The lowest BCUT2D eigenvalue weighted by Gasteiger charge is -2.29. The summed E-state index contributed by atoms with van der Waals surface area (Å²) in [5.74, 6) is 1.30. The molecule has 5 nitrogen and oxygen atoms in total. The van der Waals surface area contributed by atoms with Crippen LogP contribution in [0.15, 0.2) is 42.5 Å². The maximum atomic E-state index is 12.9. The van der Waals surface area contributed by atoms with Crippen LogP contribution in [0, 0.1) is 0 Å². The van der Waals surface area contributed by atoms with E-state index >= 15 is 0 Å². The van der Waals surface area contributed by atoms with Gasteiger partial charge in [0.2, 0.25) is 0 Å². The van der Waals surface area contributed by atoms with Crippen molar-refractivity contribution < 1.29 is 24.1 Å². The van der Waals surface area contributed by atoms with Crippen molar-refractivity contribution in [3.05, 3.63) is 59.2 Å². The summed E-state index contributed by atoms with van der Waals surface area (Å²) in [5.41, 5.74) is 1.95. The van der Waals surface area contributed by atoms with Crippen molar-refractivity contribution in [3.63, 3.8) is 0 Å². The molecule has 2 aromatic carbocycles. The number of benzene rings is 2. The van der Waals surface area contributed by atoms with Crippen molar-refractivity contribution in [2.75, 3.05) is 14.2 Å². The van der Waals surface area contributed by atoms with E-state index in [0.29, 0.717) is 28.4 Å². The minimum absolute atomic E-state index is 0.0497.